The first-order chi connectivity index (χ1) is 12.9. The largest absolute Gasteiger partial charge is 0.493 e. The van der Waals surface area contributed by atoms with Crippen LogP contribution in [0.15, 0.2) is 48.5 Å². The number of carbonyl (C=O) groups is 2. The third-order valence-electron chi connectivity index (χ3n) is 3.49. The first-order valence-electron chi connectivity index (χ1n) is 7.87. The van der Waals surface area contributed by atoms with Crippen molar-refractivity contribution in [1.29, 1.82) is 0 Å². The molecule has 0 aliphatic carbocycles. The fourth-order valence-corrected chi connectivity index (χ4v) is 2.24. The van der Waals surface area contributed by atoms with E-state index in [1.807, 2.05) is 0 Å². The van der Waals surface area contributed by atoms with Crippen LogP contribution in [0.25, 0.3) is 6.08 Å². The van der Waals surface area contributed by atoms with E-state index in [0.717, 1.165) is 0 Å². The molecular weight excluding hydrogens is 358 g/mol. The number of ether oxygens (including phenoxy) is 2. The molecule has 2 aromatic rings. The number of methoxy groups -OCH3 is 1. The zero-order valence-corrected chi connectivity index (χ0v) is 14.7. The van der Waals surface area contributed by atoms with E-state index < -0.39 is 12.5 Å². The van der Waals surface area contributed by atoms with Crippen molar-refractivity contribution in [2.75, 3.05) is 19.5 Å². The number of amides is 2. The molecule has 27 heavy (non-hydrogen) atoms. The van der Waals surface area contributed by atoms with Crippen molar-refractivity contribution in [1.82, 2.24) is 5.32 Å². The molecule has 0 radical (unpaired) electrons. The summed E-state index contributed by atoms with van der Waals surface area (Å²) in [6.45, 7) is -3.03. The number of alkyl halides is 2. The van der Waals surface area contributed by atoms with Gasteiger partial charge in [-0.15, -0.1) is 0 Å². The second-order valence-electron chi connectivity index (χ2n) is 5.24. The zero-order valence-electron chi connectivity index (χ0n) is 14.7. The Hall–Kier alpha value is -3.42. The van der Waals surface area contributed by atoms with E-state index in [4.69, 9.17) is 4.74 Å². The minimum Gasteiger partial charge on any atom is -0.493 e. The highest BCUT2D eigenvalue weighted by molar-refractivity contribution is 6.02. The number of carbonyl (C=O) groups excluding carboxylic acids is 2. The summed E-state index contributed by atoms with van der Waals surface area (Å²) in [7, 11) is 2.85. The van der Waals surface area contributed by atoms with Crippen LogP contribution in [0.3, 0.4) is 0 Å². The van der Waals surface area contributed by atoms with E-state index in [0.29, 0.717) is 11.3 Å². The van der Waals surface area contributed by atoms with Crippen molar-refractivity contribution in [2.45, 2.75) is 6.61 Å². The van der Waals surface area contributed by atoms with Crippen molar-refractivity contribution in [2.24, 2.45) is 0 Å². The van der Waals surface area contributed by atoms with E-state index in [1.54, 1.807) is 30.3 Å². The minimum atomic E-state index is -3.03. The Morgan fingerprint density at radius 2 is 1.81 bits per heavy atom. The van der Waals surface area contributed by atoms with E-state index in [-0.39, 0.29) is 23.0 Å². The van der Waals surface area contributed by atoms with Crippen LogP contribution in [0.2, 0.25) is 0 Å². The van der Waals surface area contributed by atoms with Crippen LogP contribution in [0.5, 0.6) is 11.5 Å². The normalized spacial score (nSPS) is 10.7. The van der Waals surface area contributed by atoms with Crippen LogP contribution in [0.1, 0.15) is 15.9 Å². The topological polar surface area (TPSA) is 76.7 Å². The van der Waals surface area contributed by atoms with Crippen molar-refractivity contribution in [3.05, 3.63) is 59.7 Å². The Labute approximate surface area is 154 Å². The van der Waals surface area contributed by atoms with Gasteiger partial charge in [0.15, 0.2) is 11.5 Å². The SMILES string of the molecule is CNC(=O)c1ccc(NC(=O)/C=C/c2cccc(OC)c2OC(F)F)cc1. The van der Waals surface area contributed by atoms with E-state index >= 15 is 0 Å². The lowest BCUT2D eigenvalue weighted by Crippen LogP contribution is -2.17. The van der Waals surface area contributed by atoms with Gasteiger partial charge in [0, 0.05) is 29.9 Å². The maximum Gasteiger partial charge on any atom is 0.387 e. The first-order valence-corrected chi connectivity index (χ1v) is 7.87. The Kier molecular flexibility index (Phi) is 6.87. The van der Waals surface area contributed by atoms with Gasteiger partial charge in [0.05, 0.1) is 7.11 Å². The Bertz CT molecular complexity index is 836. The van der Waals surface area contributed by atoms with Gasteiger partial charge < -0.3 is 20.1 Å². The summed E-state index contributed by atoms with van der Waals surface area (Å²) >= 11 is 0. The van der Waals surface area contributed by atoms with Gasteiger partial charge in [-0.05, 0) is 36.4 Å². The van der Waals surface area contributed by atoms with E-state index in [9.17, 15) is 18.4 Å². The fraction of sp³-hybridized carbons (Fsp3) is 0.158. The summed E-state index contributed by atoms with van der Waals surface area (Å²) in [5.74, 6) is -0.748. The molecule has 2 N–H and O–H groups in total. The van der Waals surface area contributed by atoms with Crippen LogP contribution in [-0.4, -0.2) is 32.6 Å². The Balaban J connectivity index is 2.11. The Morgan fingerprint density at radius 1 is 1.11 bits per heavy atom. The number of hydrogen-bond donors (Lipinski definition) is 2. The first kappa shape index (κ1) is 19.9. The molecule has 0 atom stereocenters. The Morgan fingerprint density at radius 3 is 2.41 bits per heavy atom. The predicted octanol–water partition coefficient (Wildman–Crippen LogP) is 3.31. The predicted molar refractivity (Wildman–Crippen MR) is 97.1 cm³/mol. The molecule has 0 aromatic heterocycles. The average molecular weight is 376 g/mol. The summed E-state index contributed by atoms with van der Waals surface area (Å²) < 4.78 is 34.7. The highest BCUT2D eigenvalue weighted by Crippen LogP contribution is 2.33. The van der Waals surface area contributed by atoms with Crippen LogP contribution in [0.4, 0.5) is 14.5 Å². The third kappa shape index (κ3) is 5.53. The molecule has 0 spiro atoms. The number of nitrogens with one attached hydrogen (secondary N) is 2. The summed E-state index contributed by atoms with van der Waals surface area (Å²) in [5.41, 5.74) is 1.20. The third-order valence-corrected chi connectivity index (χ3v) is 3.49. The number of anilines is 1. The van der Waals surface area contributed by atoms with Gasteiger partial charge in [-0.3, -0.25) is 9.59 Å². The number of rotatable bonds is 7. The standard InChI is InChI=1S/C19H18F2N2O4/c1-22-18(25)13-6-9-14(10-7-13)23-16(24)11-8-12-4-3-5-15(26-2)17(12)27-19(20)21/h3-11,19H,1-2H3,(H,22,25)(H,23,24)/b11-8+. The summed E-state index contributed by atoms with van der Waals surface area (Å²) in [6.07, 6.45) is 2.52. The van der Waals surface area contributed by atoms with Gasteiger partial charge >= 0.3 is 6.61 Å². The van der Waals surface area contributed by atoms with Crippen LogP contribution >= 0.6 is 0 Å². The molecule has 8 heteroatoms. The highest BCUT2D eigenvalue weighted by atomic mass is 19.3. The fourth-order valence-electron chi connectivity index (χ4n) is 2.24. The van der Waals surface area contributed by atoms with Gasteiger partial charge in [0.25, 0.3) is 5.91 Å². The molecule has 142 valence electrons. The molecule has 6 nitrogen and oxygen atoms in total. The van der Waals surface area contributed by atoms with Crippen LogP contribution in [-0.2, 0) is 4.79 Å². The summed E-state index contributed by atoms with van der Waals surface area (Å²) in [6, 6.07) is 10.9. The van der Waals surface area contributed by atoms with Gasteiger partial charge in [-0.2, -0.15) is 8.78 Å². The molecule has 0 aliphatic heterocycles. The molecule has 0 saturated carbocycles. The maximum atomic E-state index is 12.6. The molecule has 2 aromatic carbocycles. The van der Waals surface area contributed by atoms with E-state index in [2.05, 4.69) is 15.4 Å². The van der Waals surface area contributed by atoms with Gasteiger partial charge in [0.2, 0.25) is 5.91 Å². The molecule has 0 saturated heterocycles. The number of benzene rings is 2. The van der Waals surface area contributed by atoms with Gasteiger partial charge in [-0.1, -0.05) is 12.1 Å². The lowest BCUT2D eigenvalue weighted by atomic mass is 10.1. The molecule has 0 bridgehead atoms. The number of para-hydroxylation sites is 1. The number of hydrogen-bond acceptors (Lipinski definition) is 4. The highest BCUT2D eigenvalue weighted by Gasteiger charge is 2.14. The molecule has 2 rings (SSSR count). The van der Waals surface area contributed by atoms with Crippen LogP contribution < -0.4 is 20.1 Å². The van der Waals surface area contributed by atoms with Crippen molar-refractivity contribution in [3.63, 3.8) is 0 Å². The van der Waals surface area contributed by atoms with Crippen molar-refractivity contribution < 1.29 is 27.8 Å². The lowest BCUT2D eigenvalue weighted by Gasteiger charge is -2.12. The van der Waals surface area contributed by atoms with Crippen molar-refractivity contribution in [3.8, 4) is 11.5 Å². The second kappa shape index (κ2) is 9.33. The average Bonchev–Trinajstić information content (AvgIpc) is 2.66. The van der Waals surface area contributed by atoms with Crippen molar-refractivity contribution >= 4 is 23.6 Å². The summed E-state index contributed by atoms with van der Waals surface area (Å²) in [4.78, 5) is 23.5. The monoisotopic (exact) mass is 376 g/mol. The van der Waals surface area contributed by atoms with Crippen LogP contribution in [0, 0.1) is 0 Å². The molecule has 0 fully saturated rings. The van der Waals surface area contributed by atoms with Gasteiger partial charge in [0.1, 0.15) is 0 Å². The quantitative estimate of drug-likeness (QED) is 0.727. The molecule has 0 aliphatic rings. The summed E-state index contributed by atoms with van der Waals surface area (Å²) in [5, 5.41) is 5.10. The van der Waals surface area contributed by atoms with Gasteiger partial charge in [-0.25, -0.2) is 0 Å². The number of halogens is 2. The molecule has 2 amide bonds. The molecule has 0 heterocycles. The second-order valence-corrected chi connectivity index (χ2v) is 5.24. The molecule has 0 unspecified atom stereocenters. The zero-order chi connectivity index (χ0) is 19.8. The molecular formula is C19H18F2N2O4. The minimum absolute atomic E-state index is 0.127. The van der Waals surface area contributed by atoms with E-state index in [1.165, 1.54) is 38.4 Å². The maximum absolute atomic E-state index is 12.6. The smallest absolute Gasteiger partial charge is 0.387 e. The lowest BCUT2D eigenvalue weighted by molar-refractivity contribution is -0.111.